The summed E-state index contributed by atoms with van der Waals surface area (Å²) < 4.78 is 1.45. The molecule has 0 bridgehead atoms. The molecule has 122 valence electrons. The Morgan fingerprint density at radius 3 is 2.67 bits per heavy atom. The van der Waals surface area contributed by atoms with Gasteiger partial charge in [0.05, 0.1) is 17.2 Å². The molecule has 0 aliphatic rings. The zero-order valence-corrected chi connectivity index (χ0v) is 13.8. The Bertz CT molecular complexity index is 893. The molecule has 0 atom stereocenters. The molecule has 0 fully saturated rings. The Morgan fingerprint density at radius 1 is 1.08 bits per heavy atom. The first-order valence-electron chi connectivity index (χ1n) is 7.63. The van der Waals surface area contributed by atoms with E-state index >= 15 is 0 Å². The second kappa shape index (κ2) is 7.79. The van der Waals surface area contributed by atoms with Crippen LogP contribution in [-0.4, -0.2) is 27.8 Å². The number of amides is 1. The van der Waals surface area contributed by atoms with E-state index in [-0.39, 0.29) is 18.0 Å². The number of thioether (sulfide) groups is 1. The normalized spacial score (nSPS) is 10.7. The van der Waals surface area contributed by atoms with Gasteiger partial charge in [-0.25, -0.2) is 4.98 Å². The van der Waals surface area contributed by atoms with Crippen LogP contribution in [-0.2, 0) is 11.3 Å². The largest absolute Gasteiger partial charge is 0.354 e. The van der Waals surface area contributed by atoms with Crippen molar-refractivity contribution in [1.82, 2.24) is 14.9 Å². The lowest BCUT2D eigenvalue weighted by Crippen LogP contribution is -2.33. The molecule has 0 aliphatic heterocycles. The molecule has 5 nitrogen and oxygen atoms in total. The second-order valence-electron chi connectivity index (χ2n) is 5.18. The van der Waals surface area contributed by atoms with Gasteiger partial charge in [-0.2, -0.15) is 0 Å². The fourth-order valence-electron chi connectivity index (χ4n) is 2.35. The summed E-state index contributed by atoms with van der Waals surface area (Å²) in [6.07, 6.45) is 1.25. The van der Waals surface area contributed by atoms with E-state index in [1.165, 1.54) is 15.7 Å². The van der Waals surface area contributed by atoms with Crippen LogP contribution in [0.2, 0.25) is 0 Å². The van der Waals surface area contributed by atoms with E-state index < -0.39 is 0 Å². The number of carbonyl (C=O) groups is 1. The predicted octanol–water partition coefficient (Wildman–Crippen LogP) is 2.30. The number of hydrogen-bond acceptors (Lipinski definition) is 4. The van der Waals surface area contributed by atoms with Crippen molar-refractivity contribution in [3.63, 3.8) is 0 Å². The average molecular weight is 339 g/mol. The van der Waals surface area contributed by atoms with E-state index in [1.54, 1.807) is 17.8 Å². The fraction of sp³-hybridized carbons (Fsp3) is 0.167. The Kier molecular flexibility index (Phi) is 5.28. The van der Waals surface area contributed by atoms with Crippen molar-refractivity contribution >= 4 is 28.7 Å². The van der Waals surface area contributed by atoms with Gasteiger partial charge < -0.3 is 5.32 Å². The minimum absolute atomic E-state index is 0.00211. The monoisotopic (exact) mass is 339 g/mol. The number of benzene rings is 2. The summed E-state index contributed by atoms with van der Waals surface area (Å²) >= 11 is 1.68. The number of nitrogens with zero attached hydrogens (tertiary/aromatic N) is 2. The van der Waals surface area contributed by atoms with Gasteiger partial charge in [-0.05, 0) is 24.3 Å². The van der Waals surface area contributed by atoms with E-state index in [1.807, 2.05) is 48.5 Å². The minimum atomic E-state index is -0.275. The highest BCUT2D eigenvalue weighted by Gasteiger charge is 2.08. The molecule has 1 N–H and O–H groups in total. The topological polar surface area (TPSA) is 64.0 Å². The van der Waals surface area contributed by atoms with Crippen LogP contribution >= 0.6 is 11.8 Å². The van der Waals surface area contributed by atoms with Crippen LogP contribution in [0.15, 0.2) is 70.5 Å². The van der Waals surface area contributed by atoms with E-state index in [0.717, 1.165) is 5.75 Å². The van der Waals surface area contributed by atoms with Gasteiger partial charge in [0.25, 0.3) is 5.56 Å². The lowest BCUT2D eigenvalue weighted by Gasteiger charge is -2.10. The van der Waals surface area contributed by atoms with Crippen molar-refractivity contribution in [2.24, 2.45) is 0 Å². The number of hydrogen-bond donors (Lipinski definition) is 1. The second-order valence-corrected chi connectivity index (χ2v) is 6.35. The molecule has 3 aromatic rings. The zero-order chi connectivity index (χ0) is 16.8. The molecule has 0 saturated heterocycles. The highest BCUT2D eigenvalue weighted by molar-refractivity contribution is 7.99. The molecule has 0 radical (unpaired) electrons. The number of nitrogens with one attached hydrogen (secondary N) is 1. The maximum Gasteiger partial charge on any atom is 0.269 e. The van der Waals surface area contributed by atoms with Crippen molar-refractivity contribution in [2.75, 3.05) is 12.3 Å². The maximum absolute atomic E-state index is 12.1. The third-order valence-electron chi connectivity index (χ3n) is 3.49. The van der Waals surface area contributed by atoms with Gasteiger partial charge in [-0.3, -0.25) is 14.2 Å². The molecular formula is C18H17N3O2S. The van der Waals surface area contributed by atoms with Crippen LogP contribution in [0.25, 0.3) is 11.0 Å². The molecular weight excluding hydrogens is 322 g/mol. The van der Waals surface area contributed by atoms with Crippen LogP contribution in [0.3, 0.4) is 0 Å². The summed E-state index contributed by atoms with van der Waals surface area (Å²) in [5.74, 6) is 0.601. The summed E-state index contributed by atoms with van der Waals surface area (Å²) in [7, 11) is 0. The lowest BCUT2D eigenvalue weighted by molar-refractivity contribution is -0.121. The molecule has 2 aromatic carbocycles. The van der Waals surface area contributed by atoms with Gasteiger partial charge >= 0.3 is 0 Å². The number of fused-ring (bicyclic) bond motifs is 1. The molecule has 0 unspecified atom stereocenters. The van der Waals surface area contributed by atoms with Crippen LogP contribution < -0.4 is 10.9 Å². The standard InChI is InChI=1S/C18H17N3O2S/c22-17(19-10-11-24-14-6-2-1-3-7-14)13-21-16-9-5-4-8-15(16)20-12-18(21)23/h1-9,12H,10-11,13H2,(H,19,22). The fourth-order valence-corrected chi connectivity index (χ4v) is 3.14. The molecule has 24 heavy (non-hydrogen) atoms. The van der Waals surface area contributed by atoms with E-state index in [2.05, 4.69) is 10.3 Å². The first-order valence-corrected chi connectivity index (χ1v) is 8.62. The van der Waals surface area contributed by atoms with Gasteiger partial charge in [0.1, 0.15) is 6.54 Å². The van der Waals surface area contributed by atoms with Gasteiger partial charge in [0, 0.05) is 17.2 Å². The Labute approximate surface area is 143 Å². The first-order chi connectivity index (χ1) is 11.7. The van der Waals surface area contributed by atoms with Gasteiger partial charge in [-0.1, -0.05) is 30.3 Å². The number of para-hydroxylation sites is 2. The van der Waals surface area contributed by atoms with Crippen molar-refractivity contribution in [2.45, 2.75) is 11.4 Å². The van der Waals surface area contributed by atoms with Crippen LogP contribution in [0.5, 0.6) is 0 Å². The molecule has 6 heteroatoms. The maximum atomic E-state index is 12.1. The third-order valence-corrected chi connectivity index (χ3v) is 4.50. The smallest absolute Gasteiger partial charge is 0.269 e. The summed E-state index contributed by atoms with van der Waals surface area (Å²) in [6.45, 7) is 0.550. The molecule has 1 amide bonds. The Morgan fingerprint density at radius 2 is 1.83 bits per heavy atom. The molecule has 0 aliphatic carbocycles. The summed E-state index contributed by atoms with van der Waals surface area (Å²) in [5.41, 5.74) is 1.09. The highest BCUT2D eigenvalue weighted by Crippen LogP contribution is 2.15. The number of carbonyl (C=O) groups excluding carboxylic acids is 1. The summed E-state index contributed by atoms with van der Waals surface area (Å²) in [6, 6.07) is 17.3. The molecule has 3 rings (SSSR count). The molecule has 1 aromatic heterocycles. The van der Waals surface area contributed by atoms with E-state index in [4.69, 9.17) is 0 Å². The van der Waals surface area contributed by atoms with Gasteiger partial charge in [-0.15, -0.1) is 11.8 Å². The van der Waals surface area contributed by atoms with Crippen molar-refractivity contribution in [3.8, 4) is 0 Å². The highest BCUT2D eigenvalue weighted by atomic mass is 32.2. The molecule has 0 spiro atoms. The Balaban J connectivity index is 1.57. The van der Waals surface area contributed by atoms with Crippen LogP contribution in [0.4, 0.5) is 0 Å². The third kappa shape index (κ3) is 4.02. The minimum Gasteiger partial charge on any atom is -0.354 e. The zero-order valence-electron chi connectivity index (χ0n) is 13.0. The number of aromatic nitrogens is 2. The van der Waals surface area contributed by atoms with Crippen LogP contribution in [0, 0.1) is 0 Å². The van der Waals surface area contributed by atoms with Crippen molar-refractivity contribution < 1.29 is 4.79 Å². The lowest BCUT2D eigenvalue weighted by atomic mass is 10.3. The van der Waals surface area contributed by atoms with Gasteiger partial charge in [0.2, 0.25) is 5.91 Å². The van der Waals surface area contributed by atoms with E-state index in [9.17, 15) is 9.59 Å². The number of rotatable bonds is 6. The molecule has 1 heterocycles. The predicted molar refractivity (Wildman–Crippen MR) is 96.2 cm³/mol. The summed E-state index contributed by atoms with van der Waals surface area (Å²) in [4.78, 5) is 29.4. The van der Waals surface area contributed by atoms with Crippen LogP contribution in [0.1, 0.15) is 0 Å². The quantitative estimate of drug-likeness (QED) is 0.553. The van der Waals surface area contributed by atoms with Crippen molar-refractivity contribution in [3.05, 3.63) is 71.1 Å². The van der Waals surface area contributed by atoms with E-state index in [0.29, 0.717) is 17.6 Å². The van der Waals surface area contributed by atoms with Crippen molar-refractivity contribution in [1.29, 1.82) is 0 Å². The SMILES string of the molecule is O=C(Cn1c(=O)cnc2ccccc21)NCCSc1ccccc1. The summed E-state index contributed by atoms with van der Waals surface area (Å²) in [5, 5.41) is 2.85. The Hall–Kier alpha value is -2.60. The average Bonchev–Trinajstić information content (AvgIpc) is 2.62. The first kappa shape index (κ1) is 16.3. The molecule has 0 saturated carbocycles. The van der Waals surface area contributed by atoms with Gasteiger partial charge in [0.15, 0.2) is 0 Å².